The first kappa shape index (κ1) is 21.9. The molecule has 0 spiro atoms. The molecule has 31 heavy (non-hydrogen) atoms. The van der Waals surface area contributed by atoms with Crippen LogP contribution in [0, 0.1) is 0 Å². The van der Waals surface area contributed by atoms with Gasteiger partial charge in [-0.25, -0.2) is 9.59 Å². The molecule has 1 aliphatic heterocycles. The molecule has 8 heteroatoms. The molecule has 0 amide bonds. The summed E-state index contributed by atoms with van der Waals surface area (Å²) >= 11 is 0. The van der Waals surface area contributed by atoms with Crippen molar-refractivity contribution in [2.45, 2.75) is 25.4 Å². The fourth-order valence-electron chi connectivity index (χ4n) is 3.63. The van der Waals surface area contributed by atoms with Crippen LogP contribution in [-0.4, -0.2) is 47.8 Å². The van der Waals surface area contributed by atoms with Gasteiger partial charge in [0.2, 0.25) is 11.4 Å². The minimum atomic E-state index is -1.95. The number of aliphatic hydroxyl groups excluding tert-OH is 1. The normalized spacial score (nSPS) is 18.0. The number of aliphatic hydroxyl groups is 1. The average molecular weight is 426 g/mol. The van der Waals surface area contributed by atoms with E-state index in [1.165, 1.54) is 20.1 Å². The molecule has 0 aliphatic carbocycles. The summed E-state index contributed by atoms with van der Waals surface area (Å²) in [5, 5.41) is 20.5. The number of Topliss-reactive ketones (excluding diaryl/α,β-unsaturated/α-hetero) is 1. The lowest BCUT2D eigenvalue weighted by atomic mass is 9.83. The second kappa shape index (κ2) is 8.51. The molecule has 0 saturated carbocycles. The van der Waals surface area contributed by atoms with E-state index in [4.69, 9.17) is 14.2 Å². The summed E-state index contributed by atoms with van der Waals surface area (Å²) < 4.78 is 15.5. The topological polar surface area (TPSA) is 119 Å². The van der Waals surface area contributed by atoms with E-state index < -0.39 is 23.3 Å². The number of aromatic hydroxyl groups is 1. The third kappa shape index (κ3) is 4.09. The van der Waals surface area contributed by atoms with E-state index in [-0.39, 0.29) is 29.9 Å². The maximum Gasteiger partial charge on any atom is 0.375 e. The van der Waals surface area contributed by atoms with Crippen molar-refractivity contribution in [2.75, 3.05) is 14.2 Å². The predicted molar refractivity (Wildman–Crippen MR) is 110 cm³/mol. The number of esters is 2. The zero-order chi connectivity index (χ0) is 22.8. The van der Waals surface area contributed by atoms with E-state index in [1.807, 2.05) is 0 Å². The number of rotatable bonds is 7. The van der Waals surface area contributed by atoms with Crippen LogP contribution in [0.15, 0.2) is 48.2 Å². The number of carbonyl (C=O) groups excluding carboxylic acids is 3. The number of phenols is 1. The number of methoxy groups -OCH3 is 2. The summed E-state index contributed by atoms with van der Waals surface area (Å²) in [6.45, 7) is 1.39. The summed E-state index contributed by atoms with van der Waals surface area (Å²) in [5.41, 5.74) is -0.749. The lowest BCUT2D eigenvalue weighted by Gasteiger charge is -2.28. The van der Waals surface area contributed by atoms with Crippen LogP contribution in [0.4, 0.5) is 0 Å². The van der Waals surface area contributed by atoms with Crippen LogP contribution in [-0.2, 0) is 36.7 Å². The van der Waals surface area contributed by atoms with Gasteiger partial charge >= 0.3 is 11.9 Å². The Morgan fingerprint density at radius 2 is 1.74 bits per heavy atom. The number of cyclic esters (lactones) is 1. The van der Waals surface area contributed by atoms with Crippen LogP contribution in [0.3, 0.4) is 0 Å². The quantitative estimate of drug-likeness (QED) is 0.648. The monoisotopic (exact) mass is 426 g/mol. The van der Waals surface area contributed by atoms with E-state index >= 15 is 0 Å². The number of ether oxygens (including phenoxy) is 3. The molecule has 1 aliphatic rings. The summed E-state index contributed by atoms with van der Waals surface area (Å²) in [5.74, 6) is -2.30. The van der Waals surface area contributed by atoms with Crippen molar-refractivity contribution in [3.8, 4) is 11.5 Å². The van der Waals surface area contributed by atoms with Gasteiger partial charge in [-0.05, 0) is 36.2 Å². The fourth-order valence-corrected chi connectivity index (χ4v) is 3.63. The molecular weight excluding hydrogens is 404 g/mol. The highest BCUT2D eigenvalue weighted by Crippen LogP contribution is 2.43. The average Bonchev–Trinajstić information content (AvgIpc) is 3.00. The molecule has 3 rings (SSSR count). The Hall–Kier alpha value is -3.81. The van der Waals surface area contributed by atoms with Gasteiger partial charge in [0.25, 0.3) is 0 Å². The van der Waals surface area contributed by atoms with Crippen LogP contribution in [0.5, 0.6) is 11.5 Å². The van der Waals surface area contributed by atoms with Crippen molar-refractivity contribution < 1.29 is 38.8 Å². The molecule has 0 unspecified atom stereocenters. The SMILES string of the molecule is COC(=O)[C@]1(Cc2ccc(O)c(CC(C)=O)c2)OC(=O)C(O)=C1c1ccc(OC)cc1. The maximum atomic E-state index is 12.9. The Morgan fingerprint density at radius 3 is 2.32 bits per heavy atom. The molecule has 1 heterocycles. The summed E-state index contributed by atoms with van der Waals surface area (Å²) in [6, 6.07) is 10.9. The highest BCUT2D eigenvalue weighted by atomic mass is 16.6. The van der Waals surface area contributed by atoms with E-state index in [9.17, 15) is 24.6 Å². The fraction of sp³-hybridized carbons (Fsp3) is 0.261. The number of hydrogen-bond acceptors (Lipinski definition) is 8. The van der Waals surface area contributed by atoms with Gasteiger partial charge in [0, 0.05) is 18.4 Å². The Balaban J connectivity index is 2.12. The van der Waals surface area contributed by atoms with Crippen molar-refractivity contribution in [2.24, 2.45) is 0 Å². The van der Waals surface area contributed by atoms with Crippen LogP contribution >= 0.6 is 0 Å². The van der Waals surface area contributed by atoms with E-state index in [2.05, 4.69) is 0 Å². The lowest BCUT2D eigenvalue weighted by molar-refractivity contribution is -0.169. The van der Waals surface area contributed by atoms with Gasteiger partial charge < -0.3 is 24.4 Å². The highest BCUT2D eigenvalue weighted by Gasteiger charge is 2.55. The third-order valence-electron chi connectivity index (χ3n) is 5.03. The van der Waals surface area contributed by atoms with Gasteiger partial charge in [0.15, 0.2) is 0 Å². The Bertz CT molecular complexity index is 1070. The summed E-state index contributed by atoms with van der Waals surface area (Å²) in [4.78, 5) is 36.7. The number of carbonyl (C=O) groups is 3. The van der Waals surface area contributed by atoms with Gasteiger partial charge in [0.1, 0.15) is 17.3 Å². The molecule has 0 fully saturated rings. The van der Waals surface area contributed by atoms with Crippen molar-refractivity contribution in [3.63, 3.8) is 0 Å². The first-order chi connectivity index (χ1) is 14.7. The highest BCUT2D eigenvalue weighted by molar-refractivity contribution is 6.11. The molecule has 0 aromatic heterocycles. The number of benzene rings is 2. The van der Waals surface area contributed by atoms with Gasteiger partial charge in [-0.1, -0.05) is 24.3 Å². The molecule has 2 N–H and O–H groups in total. The van der Waals surface area contributed by atoms with Crippen LogP contribution in [0.1, 0.15) is 23.6 Å². The van der Waals surface area contributed by atoms with Crippen molar-refractivity contribution >= 4 is 23.3 Å². The van der Waals surface area contributed by atoms with E-state index in [0.29, 0.717) is 22.4 Å². The van der Waals surface area contributed by atoms with Gasteiger partial charge in [-0.15, -0.1) is 0 Å². The lowest BCUT2D eigenvalue weighted by Crippen LogP contribution is -2.44. The molecule has 2 aromatic carbocycles. The minimum absolute atomic E-state index is 0.00287. The Labute approximate surface area is 178 Å². The Kier molecular flexibility index (Phi) is 6.01. The second-order valence-corrected chi connectivity index (χ2v) is 7.18. The zero-order valence-corrected chi connectivity index (χ0v) is 17.3. The number of phenolic OH excluding ortho intramolecular Hbond substituents is 1. The second-order valence-electron chi connectivity index (χ2n) is 7.18. The van der Waals surface area contributed by atoms with Crippen LogP contribution in [0.25, 0.3) is 5.57 Å². The first-order valence-electron chi connectivity index (χ1n) is 9.42. The molecule has 1 atom stereocenters. The third-order valence-corrected chi connectivity index (χ3v) is 5.03. The standard InChI is InChI=1S/C23H22O8/c1-13(24)10-16-11-14(4-9-18(16)25)12-23(22(28)30-3)19(20(26)21(27)31-23)15-5-7-17(29-2)8-6-15/h4-9,11,25-26H,10,12H2,1-3H3/t23-/m1/s1. The van der Waals surface area contributed by atoms with Crippen LogP contribution < -0.4 is 4.74 Å². The van der Waals surface area contributed by atoms with Crippen LogP contribution in [0.2, 0.25) is 0 Å². The molecule has 162 valence electrons. The smallest absolute Gasteiger partial charge is 0.375 e. The van der Waals surface area contributed by atoms with Crippen molar-refractivity contribution in [1.82, 2.24) is 0 Å². The molecule has 0 radical (unpaired) electrons. The molecule has 0 saturated heterocycles. The first-order valence-corrected chi connectivity index (χ1v) is 9.42. The maximum absolute atomic E-state index is 12.9. The summed E-state index contributed by atoms with van der Waals surface area (Å²) in [6.07, 6.45) is -0.181. The van der Waals surface area contributed by atoms with Gasteiger partial charge in [0.05, 0.1) is 19.8 Å². The van der Waals surface area contributed by atoms with E-state index in [0.717, 1.165) is 7.11 Å². The molecular formula is C23H22O8. The number of hydrogen-bond donors (Lipinski definition) is 2. The van der Waals surface area contributed by atoms with Gasteiger partial charge in [-0.3, -0.25) is 4.79 Å². The minimum Gasteiger partial charge on any atom is -0.508 e. The Morgan fingerprint density at radius 1 is 1.06 bits per heavy atom. The zero-order valence-electron chi connectivity index (χ0n) is 17.3. The molecule has 8 nitrogen and oxygen atoms in total. The molecule has 0 bridgehead atoms. The molecule has 2 aromatic rings. The van der Waals surface area contributed by atoms with Crippen molar-refractivity contribution in [1.29, 1.82) is 0 Å². The van der Waals surface area contributed by atoms with E-state index in [1.54, 1.807) is 36.4 Å². The predicted octanol–water partition coefficient (Wildman–Crippen LogP) is 2.51. The number of ketones is 1. The largest absolute Gasteiger partial charge is 0.508 e. The van der Waals surface area contributed by atoms with Gasteiger partial charge in [-0.2, -0.15) is 0 Å². The van der Waals surface area contributed by atoms with Crippen molar-refractivity contribution in [3.05, 3.63) is 64.9 Å². The summed E-state index contributed by atoms with van der Waals surface area (Å²) in [7, 11) is 2.65.